The van der Waals surface area contributed by atoms with Crippen LogP contribution in [0.5, 0.6) is 0 Å². The Morgan fingerprint density at radius 1 is 1.25 bits per heavy atom. The summed E-state index contributed by atoms with van der Waals surface area (Å²) in [5.74, 6) is -0.401. The molecule has 0 aromatic heterocycles. The van der Waals surface area contributed by atoms with E-state index in [4.69, 9.17) is 16.2 Å². The molecule has 3 atom stereocenters. The van der Waals surface area contributed by atoms with Crippen molar-refractivity contribution < 1.29 is 9.53 Å². The number of ether oxygens (including phenoxy) is 1. The van der Waals surface area contributed by atoms with Gasteiger partial charge in [0.1, 0.15) is 0 Å². The monoisotopic (exact) mass is 381 g/mol. The molecule has 0 saturated carbocycles. The van der Waals surface area contributed by atoms with Gasteiger partial charge >= 0.3 is 0 Å². The molecular formula is C23H31N3O2. The summed E-state index contributed by atoms with van der Waals surface area (Å²) in [5.41, 5.74) is 15.8. The van der Waals surface area contributed by atoms with E-state index in [0.717, 1.165) is 18.4 Å². The van der Waals surface area contributed by atoms with Gasteiger partial charge in [0.15, 0.2) is 0 Å². The summed E-state index contributed by atoms with van der Waals surface area (Å²) in [4.78, 5) is 11.7. The Balaban J connectivity index is 1.77. The van der Waals surface area contributed by atoms with Crippen LogP contribution in [-0.4, -0.2) is 37.7 Å². The van der Waals surface area contributed by atoms with Gasteiger partial charge in [0.2, 0.25) is 5.91 Å². The minimum Gasteiger partial charge on any atom is -0.379 e. The number of methoxy groups -OCH3 is 1. The van der Waals surface area contributed by atoms with Crippen molar-refractivity contribution in [1.82, 2.24) is 5.32 Å². The van der Waals surface area contributed by atoms with Crippen molar-refractivity contribution in [2.75, 3.05) is 13.7 Å². The molecule has 2 aromatic carbocycles. The van der Waals surface area contributed by atoms with Gasteiger partial charge in [0, 0.05) is 43.1 Å². The molecule has 150 valence electrons. The van der Waals surface area contributed by atoms with Gasteiger partial charge in [-0.05, 0) is 35.2 Å². The Hall–Kier alpha value is -2.21. The van der Waals surface area contributed by atoms with Crippen molar-refractivity contribution in [3.05, 3.63) is 70.8 Å². The van der Waals surface area contributed by atoms with Crippen LogP contribution in [0.3, 0.4) is 0 Å². The highest BCUT2D eigenvalue weighted by atomic mass is 16.5. The molecule has 1 amide bonds. The number of benzene rings is 2. The van der Waals surface area contributed by atoms with E-state index in [0.29, 0.717) is 12.1 Å². The van der Waals surface area contributed by atoms with Crippen molar-refractivity contribution in [3.63, 3.8) is 0 Å². The van der Waals surface area contributed by atoms with Gasteiger partial charge in [-0.2, -0.15) is 0 Å². The van der Waals surface area contributed by atoms with E-state index in [9.17, 15) is 4.79 Å². The third kappa shape index (κ3) is 4.27. The minimum absolute atomic E-state index is 0.00839. The van der Waals surface area contributed by atoms with Gasteiger partial charge < -0.3 is 21.5 Å². The third-order valence-corrected chi connectivity index (χ3v) is 5.90. The summed E-state index contributed by atoms with van der Waals surface area (Å²) in [6.45, 7) is 5.05. The molecule has 1 aliphatic carbocycles. The van der Waals surface area contributed by atoms with Gasteiger partial charge in [-0.3, -0.25) is 4.79 Å². The van der Waals surface area contributed by atoms with Crippen LogP contribution >= 0.6 is 0 Å². The number of hydrogen-bond acceptors (Lipinski definition) is 4. The molecular weight excluding hydrogens is 350 g/mol. The lowest BCUT2D eigenvalue weighted by Gasteiger charge is -2.45. The first kappa shape index (κ1) is 20.5. The summed E-state index contributed by atoms with van der Waals surface area (Å²) < 4.78 is 5.83. The standard InChI is InChI=1S/C23H31N3O2/c1-23(2)19-12-17(22(25)27)10-9-16(19)13-20(28-3)21(23)26-14-18(24)11-15-7-5-4-6-8-15/h4-10,12,18,20-21,26H,11,13-14,24H2,1-3H3,(H2,25,27)/t18-,20?,21?/m1/s1. The molecule has 3 rings (SSSR count). The van der Waals surface area contributed by atoms with Crippen LogP contribution < -0.4 is 16.8 Å². The number of carbonyl (C=O) groups excluding carboxylic acids is 1. The molecule has 0 spiro atoms. The largest absolute Gasteiger partial charge is 0.379 e. The van der Waals surface area contributed by atoms with Crippen molar-refractivity contribution in [3.8, 4) is 0 Å². The van der Waals surface area contributed by atoms with E-state index < -0.39 is 5.91 Å². The van der Waals surface area contributed by atoms with Crippen LogP contribution in [0.25, 0.3) is 0 Å². The average molecular weight is 382 g/mol. The highest BCUT2D eigenvalue weighted by molar-refractivity contribution is 5.93. The Morgan fingerprint density at radius 2 is 1.96 bits per heavy atom. The molecule has 0 radical (unpaired) electrons. The number of hydrogen-bond donors (Lipinski definition) is 3. The number of primary amides is 1. The first-order chi connectivity index (χ1) is 13.3. The van der Waals surface area contributed by atoms with E-state index in [-0.39, 0.29) is 23.6 Å². The van der Waals surface area contributed by atoms with E-state index in [1.165, 1.54) is 11.1 Å². The first-order valence-corrected chi connectivity index (χ1v) is 9.81. The quantitative estimate of drug-likeness (QED) is 0.685. The molecule has 0 aliphatic heterocycles. The van der Waals surface area contributed by atoms with Crippen molar-refractivity contribution in [2.45, 2.75) is 50.3 Å². The maximum atomic E-state index is 11.7. The van der Waals surface area contributed by atoms with Crippen molar-refractivity contribution >= 4 is 5.91 Å². The Labute approximate surface area is 167 Å². The van der Waals surface area contributed by atoms with Gasteiger partial charge in [-0.1, -0.05) is 50.2 Å². The van der Waals surface area contributed by atoms with E-state index in [2.05, 4.69) is 31.3 Å². The molecule has 0 bridgehead atoms. The van der Waals surface area contributed by atoms with Crippen molar-refractivity contribution in [2.24, 2.45) is 11.5 Å². The van der Waals surface area contributed by atoms with Crippen LogP contribution in [0.4, 0.5) is 0 Å². The zero-order chi connectivity index (χ0) is 20.3. The highest BCUT2D eigenvalue weighted by Gasteiger charge is 2.42. The second kappa shape index (κ2) is 8.43. The topological polar surface area (TPSA) is 90.4 Å². The molecule has 5 N–H and O–H groups in total. The summed E-state index contributed by atoms with van der Waals surface area (Å²) in [5, 5.41) is 3.66. The van der Waals surface area contributed by atoms with Gasteiger partial charge in [-0.15, -0.1) is 0 Å². The number of rotatable bonds is 7. The molecule has 2 unspecified atom stereocenters. The van der Waals surface area contributed by atoms with Gasteiger partial charge in [0.25, 0.3) is 0 Å². The summed E-state index contributed by atoms with van der Waals surface area (Å²) >= 11 is 0. The van der Waals surface area contributed by atoms with E-state index in [1.54, 1.807) is 13.2 Å². The minimum atomic E-state index is -0.401. The highest BCUT2D eigenvalue weighted by Crippen LogP contribution is 2.38. The summed E-state index contributed by atoms with van der Waals surface area (Å²) in [6, 6.07) is 16.1. The van der Waals surface area contributed by atoms with Crippen LogP contribution in [0.1, 0.15) is 40.9 Å². The Bertz CT molecular complexity index is 820. The first-order valence-electron chi connectivity index (χ1n) is 9.81. The molecule has 0 saturated heterocycles. The maximum Gasteiger partial charge on any atom is 0.248 e. The lowest BCUT2D eigenvalue weighted by Crippen LogP contribution is -2.58. The van der Waals surface area contributed by atoms with Crippen LogP contribution in [-0.2, 0) is 23.0 Å². The number of nitrogens with one attached hydrogen (secondary N) is 1. The molecule has 5 heteroatoms. The number of amides is 1. The average Bonchev–Trinajstić information content (AvgIpc) is 2.67. The zero-order valence-corrected chi connectivity index (χ0v) is 16.9. The normalized spacial score (nSPS) is 21.7. The molecule has 0 fully saturated rings. The van der Waals surface area contributed by atoms with Crippen LogP contribution in [0, 0.1) is 0 Å². The van der Waals surface area contributed by atoms with Gasteiger partial charge in [-0.25, -0.2) is 0 Å². The molecule has 0 heterocycles. The number of nitrogens with two attached hydrogens (primary N) is 2. The lowest BCUT2D eigenvalue weighted by molar-refractivity contribution is 0.0351. The predicted molar refractivity (Wildman–Crippen MR) is 112 cm³/mol. The zero-order valence-electron chi connectivity index (χ0n) is 16.9. The fraction of sp³-hybridized carbons (Fsp3) is 0.435. The lowest BCUT2D eigenvalue weighted by atomic mass is 9.67. The van der Waals surface area contributed by atoms with Crippen molar-refractivity contribution in [1.29, 1.82) is 0 Å². The smallest absolute Gasteiger partial charge is 0.248 e. The number of carbonyl (C=O) groups is 1. The molecule has 5 nitrogen and oxygen atoms in total. The van der Waals surface area contributed by atoms with E-state index >= 15 is 0 Å². The molecule has 28 heavy (non-hydrogen) atoms. The molecule has 1 aliphatic rings. The predicted octanol–water partition coefficient (Wildman–Crippen LogP) is 2.16. The van der Waals surface area contributed by atoms with E-state index in [1.807, 2.05) is 30.3 Å². The Morgan fingerprint density at radius 3 is 2.61 bits per heavy atom. The van der Waals surface area contributed by atoms with Crippen LogP contribution in [0.2, 0.25) is 0 Å². The fourth-order valence-electron chi connectivity index (χ4n) is 4.35. The second-order valence-electron chi connectivity index (χ2n) is 8.27. The maximum absolute atomic E-state index is 11.7. The molecule has 2 aromatic rings. The summed E-state index contributed by atoms with van der Waals surface area (Å²) in [6.07, 6.45) is 1.65. The second-order valence-corrected chi connectivity index (χ2v) is 8.27. The fourth-order valence-corrected chi connectivity index (χ4v) is 4.35. The Kier molecular flexibility index (Phi) is 6.18. The van der Waals surface area contributed by atoms with Crippen LogP contribution in [0.15, 0.2) is 48.5 Å². The number of fused-ring (bicyclic) bond motifs is 1. The van der Waals surface area contributed by atoms with Gasteiger partial charge in [0.05, 0.1) is 6.10 Å². The third-order valence-electron chi connectivity index (χ3n) is 5.90. The summed E-state index contributed by atoms with van der Waals surface area (Å²) in [7, 11) is 1.75. The SMILES string of the molecule is COC1Cc2ccc(C(N)=O)cc2C(C)(C)C1NC[C@H](N)Cc1ccccc1.